The zero-order chi connectivity index (χ0) is 25.4. The first-order chi connectivity index (χ1) is 17.4. The van der Waals surface area contributed by atoms with E-state index in [0.29, 0.717) is 22.6 Å². The fourth-order valence-electron chi connectivity index (χ4n) is 5.05. The molecule has 2 aromatic heterocycles. The summed E-state index contributed by atoms with van der Waals surface area (Å²) in [5, 5.41) is 0. The summed E-state index contributed by atoms with van der Waals surface area (Å²) in [7, 11) is 4.06. The summed E-state index contributed by atoms with van der Waals surface area (Å²) in [5.74, 6) is 4.29. The van der Waals surface area contributed by atoms with E-state index >= 15 is 0 Å². The molecule has 182 valence electrons. The Bertz CT molecular complexity index is 1470. The van der Waals surface area contributed by atoms with E-state index in [2.05, 4.69) is 33.8 Å². The van der Waals surface area contributed by atoms with Crippen LogP contribution in [-0.2, 0) is 5.54 Å². The van der Waals surface area contributed by atoms with Crippen molar-refractivity contribution < 1.29 is 4.79 Å². The van der Waals surface area contributed by atoms with E-state index in [1.165, 1.54) is 0 Å². The second-order valence-electron chi connectivity index (χ2n) is 9.71. The molecule has 1 fully saturated rings. The second-order valence-corrected chi connectivity index (χ2v) is 9.71. The number of carbonyl (C=O) groups is 1. The van der Waals surface area contributed by atoms with Gasteiger partial charge < -0.3 is 5.73 Å². The topological polar surface area (TPSA) is 89.9 Å². The van der Waals surface area contributed by atoms with Crippen molar-refractivity contribution in [3.8, 4) is 29.2 Å². The van der Waals surface area contributed by atoms with Crippen LogP contribution in [0.5, 0.6) is 0 Å². The number of aromatic nitrogens is 4. The second kappa shape index (κ2) is 9.30. The first-order valence-electron chi connectivity index (χ1n) is 12.3. The molecule has 36 heavy (non-hydrogen) atoms. The molecule has 0 bridgehead atoms. The number of hydrogen-bond donors (Lipinski definition) is 1. The molecule has 7 nitrogen and oxygen atoms in total. The summed E-state index contributed by atoms with van der Waals surface area (Å²) in [6.45, 7) is 2.12. The van der Waals surface area contributed by atoms with Gasteiger partial charge in [-0.25, -0.2) is 15.0 Å². The van der Waals surface area contributed by atoms with Crippen LogP contribution in [0.3, 0.4) is 0 Å². The summed E-state index contributed by atoms with van der Waals surface area (Å²) >= 11 is 0. The summed E-state index contributed by atoms with van der Waals surface area (Å²) in [6, 6.07) is 11.6. The molecule has 2 N–H and O–H groups in total. The first-order valence-corrected chi connectivity index (χ1v) is 12.3. The minimum Gasteiger partial charge on any atom is -0.319 e. The predicted molar refractivity (Wildman–Crippen MR) is 142 cm³/mol. The van der Waals surface area contributed by atoms with Gasteiger partial charge in [0, 0.05) is 29.1 Å². The standard InChI is InChI=1S/C29H30N6O/c1-5-19-9-7-10-21(18-36)26(19)35-25-15-20(11-12-23(25)33-27(35)24(6-2)34(3)4)22-16-31-28(32-17-22)29(30)13-8-14-29/h1,7,9-12,15-18,24H,6,8,13-14,30H2,2-4H3. The van der Waals surface area contributed by atoms with Gasteiger partial charge in [-0.15, -0.1) is 6.42 Å². The highest BCUT2D eigenvalue weighted by atomic mass is 16.1. The van der Waals surface area contributed by atoms with E-state index in [9.17, 15) is 4.79 Å². The third-order valence-corrected chi connectivity index (χ3v) is 7.24. The monoisotopic (exact) mass is 478 g/mol. The van der Waals surface area contributed by atoms with E-state index in [1.807, 2.05) is 49.3 Å². The summed E-state index contributed by atoms with van der Waals surface area (Å²) in [5.41, 5.74) is 11.4. The van der Waals surface area contributed by atoms with Crippen LogP contribution in [0.2, 0.25) is 0 Å². The lowest BCUT2D eigenvalue weighted by atomic mass is 9.77. The molecule has 7 heteroatoms. The molecule has 5 rings (SSSR count). The van der Waals surface area contributed by atoms with E-state index in [0.717, 1.165) is 60.0 Å². The molecule has 1 unspecified atom stereocenters. The number of hydrogen-bond acceptors (Lipinski definition) is 6. The molecule has 1 atom stereocenters. The van der Waals surface area contributed by atoms with Gasteiger partial charge in [0.25, 0.3) is 0 Å². The molecule has 0 amide bonds. The fourth-order valence-corrected chi connectivity index (χ4v) is 5.05. The van der Waals surface area contributed by atoms with Gasteiger partial charge in [-0.2, -0.15) is 0 Å². The number of fused-ring (bicyclic) bond motifs is 1. The summed E-state index contributed by atoms with van der Waals surface area (Å²) in [4.78, 5) is 28.4. The number of rotatable bonds is 7. The number of terminal acetylenes is 1. The van der Waals surface area contributed by atoms with Crippen molar-refractivity contribution >= 4 is 17.3 Å². The normalized spacial score (nSPS) is 15.4. The summed E-state index contributed by atoms with van der Waals surface area (Å²) in [6.07, 6.45) is 14.2. The molecule has 4 aromatic rings. The average molecular weight is 479 g/mol. The van der Waals surface area contributed by atoms with E-state index in [1.54, 1.807) is 12.1 Å². The Morgan fingerprint density at radius 2 is 1.94 bits per heavy atom. The maximum atomic E-state index is 12.1. The van der Waals surface area contributed by atoms with E-state index < -0.39 is 5.54 Å². The number of para-hydroxylation sites is 1. The predicted octanol–water partition coefficient (Wildman–Crippen LogP) is 4.63. The Balaban J connectivity index is 1.73. The van der Waals surface area contributed by atoms with Crippen molar-refractivity contribution in [2.24, 2.45) is 5.73 Å². The van der Waals surface area contributed by atoms with Crippen LogP contribution in [0.4, 0.5) is 0 Å². The Kier molecular flexibility index (Phi) is 6.17. The molecule has 0 radical (unpaired) electrons. The van der Waals surface area contributed by atoms with Crippen LogP contribution >= 0.6 is 0 Å². The Morgan fingerprint density at radius 1 is 1.19 bits per heavy atom. The van der Waals surface area contributed by atoms with Gasteiger partial charge in [0.2, 0.25) is 0 Å². The van der Waals surface area contributed by atoms with Crippen molar-refractivity contribution in [1.82, 2.24) is 24.4 Å². The minimum absolute atomic E-state index is 0.0250. The molecule has 1 aliphatic rings. The van der Waals surface area contributed by atoms with Crippen LogP contribution in [0.25, 0.3) is 27.8 Å². The molecular formula is C29H30N6O. The number of nitrogens with zero attached hydrogens (tertiary/aromatic N) is 5. The molecule has 2 heterocycles. The highest BCUT2D eigenvalue weighted by Gasteiger charge is 2.37. The van der Waals surface area contributed by atoms with Gasteiger partial charge >= 0.3 is 0 Å². The molecule has 1 saturated carbocycles. The van der Waals surface area contributed by atoms with Crippen molar-refractivity contribution in [3.63, 3.8) is 0 Å². The van der Waals surface area contributed by atoms with Crippen LogP contribution in [0.15, 0.2) is 48.8 Å². The van der Waals surface area contributed by atoms with Crippen molar-refractivity contribution in [3.05, 3.63) is 71.6 Å². The molecule has 2 aromatic carbocycles. The Labute approximate surface area is 211 Å². The van der Waals surface area contributed by atoms with E-state index in [4.69, 9.17) is 17.1 Å². The highest BCUT2D eigenvalue weighted by Crippen LogP contribution is 2.37. The lowest BCUT2D eigenvalue weighted by Crippen LogP contribution is -2.44. The minimum atomic E-state index is -0.401. The van der Waals surface area contributed by atoms with Gasteiger partial charge in [-0.3, -0.25) is 14.3 Å². The number of aldehydes is 1. The summed E-state index contributed by atoms with van der Waals surface area (Å²) < 4.78 is 2.05. The maximum absolute atomic E-state index is 12.1. The average Bonchev–Trinajstić information content (AvgIpc) is 3.24. The Morgan fingerprint density at radius 3 is 2.53 bits per heavy atom. The van der Waals surface area contributed by atoms with Crippen LogP contribution in [0, 0.1) is 12.3 Å². The van der Waals surface area contributed by atoms with Crippen LogP contribution in [0.1, 0.15) is 66.2 Å². The van der Waals surface area contributed by atoms with Crippen LogP contribution < -0.4 is 5.73 Å². The maximum Gasteiger partial charge on any atom is 0.152 e. The first kappa shape index (κ1) is 23.9. The van der Waals surface area contributed by atoms with Crippen molar-refractivity contribution in [1.29, 1.82) is 0 Å². The molecular weight excluding hydrogens is 448 g/mol. The highest BCUT2D eigenvalue weighted by molar-refractivity contribution is 5.89. The Hall–Kier alpha value is -3.86. The van der Waals surface area contributed by atoms with Crippen molar-refractivity contribution in [2.45, 2.75) is 44.2 Å². The fraction of sp³-hybridized carbons (Fsp3) is 0.310. The molecule has 0 spiro atoms. The van der Waals surface area contributed by atoms with Crippen molar-refractivity contribution in [2.75, 3.05) is 14.1 Å². The molecule has 1 aliphatic carbocycles. The molecule has 0 saturated heterocycles. The van der Waals surface area contributed by atoms with Gasteiger partial charge in [0.1, 0.15) is 11.6 Å². The lowest BCUT2D eigenvalue weighted by Gasteiger charge is -2.36. The number of imidazole rings is 1. The number of nitrogens with two attached hydrogens (primary N) is 1. The number of carbonyl (C=O) groups excluding carboxylic acids is 1. The largest absolute Gasteiger partial charge is 0.319 e. The number of benzene rings is 2. The van der Waals surface area contributed by atoms with Gasteiger partial charge in [-0.05, 0) is 69.6 Å². The quantitative estimate of drug-likeness (QED) is 0.308. The zero-order valence-corrected chi connectivity index (χ0v) is 20.9. The zero-order valence-electron chi connectivity index (χ0n) is 20.9. The van der Waals surface area contributed by atoms with E-state index in [-0.39, 0.29) is 6.04 Å². The van der Waals surface area contributed by atoms with Gasteiger partial charge in [0.05, 0.1) is 28.3 Å². The SMILES string of the molecule is C#Cc1cccc(C=O)c1-n1c(C(CC)N(C)C)nc2ccc(-c3cnc(C4(N)CCC4)nc3)cc21. The molecule has 0 aliphatic heterocycles. The lowest BCUT2D eigenvalue weighted by molar-refractivity contribution is 0.112. The van der Waals surface area contributed by atoms with Gasteiger partial charge in [0.15, 0.2) is 6.29 Å². The third-order valence-electron chi connectivity index (χ3n) is 7.24. The van der Waals surface area contributed by atoms with Crippen LogP contribution in [-0.4, -0.2) is 44.8 Å². The smallest absolute Gasteiger partial charge is 0.152 e. The third kappa shape index (κ3) is 3.89. The van der Waals surface area contributed by atoms with Gasteiger partial charge in [-0.1, -0.05) is 25.0 Å².